The molecule has 6 rings (SSSR count). The van der Waals surface area contributed by atoms with Crippen LogP contribution >= 0.6 is 0 Å². The lowest BCUT2D eigenvalue weighted by molar-refractivity contribution is -0.221. The molecule has 0 aromatic rings. The highest BCUT2D eigenvalue weighted by Gasteiger charge is 2.70. The van der Waals surface area contributed by atoms with Crippen LogP contribution in [0.5, 0.6) is 0 Å². The number of alkyl halides is 1. The second-order valence-electron chi connectivity index (χ2n) is 19.7. The van der Waals surface area contributed by atoms with Gasteiger partial charge in [0.1, 0.15) is 6.67 Å². The third-order valence-corrected chi connectivity index (χ3v) is 18.6. The fraction of sp³-hybridized carbons (Fsp3) is 0.841. The van der Waals surface area contributed by atoms with Crippen molar-refractivity contribution in [2.45, 2.75) is 131 Å². The van der Waals surface area contributed by atoms with Crippen molar-refractivity contribution in [1.82, 2.24) is 10.2 Å². The first kappa shape index (κ1) is 40.2. The summed E-state index contributed by atoms with van der Waals surface area (Å²) in [7, 11) is -2.87. The topological polar surface area (TPSA) is 86.7 Å². The van der Waals surface area contributed by atoms with Gasteiger partial charge in [-0.25, -0.2) is 8.42 Å². The maximum absolute atomic E-state index is 13.6. The zero-order chi connectivity index (χ0) is 37.9. The molecule has 6 nitrogen and oxygen atoms in total. The quantitative estimate of drug-likeness (QED) is 0.194. The molecular weight excluding hydrogens is 672 g/mol. The number of carbonyl (C=O) groups is 1. The van der Waals surface area contributed by atoms with Gasteiger partial charge in [0.05, 0.1) is 17.4 Å². The van der Waals surface area contributed by atoms with Gasteiger partial charge < -0.3 is 15.3 Å². The molecular formula is C44H71FN2O4S. The van der Waals surface area contributed by atoms with Gasteiger partial charge in [-0.1, -0.05) is 72.3 Å². The Morgan fingerprint density at radius 1 is 1.04 bits per heavy atom. The first-order chi connectivity index (χ1) is 24.4. The minimum Gasteiger partial charge on any atom is -0.481 e. The number of hydrogen-bond acceptors (Lipinski definition) is 5. The molecule has 0 aromatic carbocycles. The van der Waals surface area contributed by atoms with Gasteiger partial charge in [0.25, 0.3) is 0 Å². The van der Waals surface area contributed by atoms with Crippen molar-refractivity contribution in [2.24, 2.45) is 57.2 Å². The summed E-state index contributed by atoms with van der Waals surface area (Å²) in [6, 6.07) is 0. The highest BCUT2D eigenvalue weighted by molar-refractivity contribution is 7.91. The SMILES string of the molecule is C=C(C)[C@@H]1CC[C@]2(NCCN3CCS(=O)(=O)CC3)CC[C@]3(C)[C@H](CC[C@@H]4[C@@]5(C)CC=C(/C(=C/CC(CF)C(=O)O)CCC)C(C)(C)[C@@H]5CC[C@]43C)[C@@H]12. The Kier molecular flexibility index (Phi) is 11.2. The molecule has 1 heterocycles. The van der Waals surface area contributed by atoms with E-state index in [2.05, 4.69) is 77.4 Å². The van der Waals surface area contributed by atoms with Crippen molar-refractivity contribution >= 4 is 15.8 Å². The standard InChI is InChI=1S/C44H71FN2O4S/c1-9-10-31(11-12-32(29-45)39(48)49)34-16-18-41(6)36(40(34,4)5)17-19-43(8)37(41)14-13-35-38-33(30(2)3)15-20-44(38,22-21-42(35,43)7)46-23-24-47-25-27-52(50,51)28-26-47/h11,16,32-33,35-38,46H,2,9-10,12-15,17-29H2,1,3-8H3,(H,48,49)/b31-11+/t32?,33-,35+,36-,37+,38+,41-,42+,43+,44-/m0/s1. The normalized spacial score (nSPS) is 41.9. The zero-order valence-electron chi connectivity index (χ0n) is 33.7. The number of fused-ring (bicyclic) bond motifs is 7. The molecule has 0 bridgehead atoms. The lowest BCUT2D eigenvalue weighted by Crippen LogP contribution is -2.68. The lowest BCUT2D eigenvalue weighted by Gasteiger charge is -2.72. The highest BCUT2D eigenvalue weighted by atomic mass is 32.2. The number of sulfone groups is 1. The average Bonchev–Trinajstić information content (AvgIpc) is 3.45. The van der Waals surface area contributed by atoms with Gasteiger partial charge in [0.2, 0.25) is 0 Å². The Hall–Kier alpha value is -1.51. The van der Waals surface area contributed by atoms with Crippen LogP contribution in [-0.2, 0) is 14.6 Å². The predicted molar refractivity (Wildman–Crippen MR) is 211 cm³/mol. The number of rotatable bonds is 12. The summed E-state index contributed by atoms with van der Waals surface area (Å²) >= 11 is 0. The van der Waals surface area contributed by atoms with Crippen LogP contribution in [0.3, 0.4) is 0 Å². The number of hydrogen-bond donors (Lipinski definition) is 2. The molecule has 6 aliphatic rings. The monoisotopic (exact) mass is 743 g/mol. The average molecular weight is 743 g/mol. The molecule has 1 unspecified atom stereocenters. The third-order valence-electron chi connectivity index (χ3n) is 17.0. The van der Waals surface area contributed by atoms with E-state index in [1.165, 1.54) is 68.1 Å². The number of halogens is 1. The first-order valence-corrected chi connectivity index (χ1v) is 22.7. The number of aliphatic carboxylic acids is 1. The minimum absolute atomic E-state index is 0.0395. The molecule has 1 saturated heterocycles. The summed E-state index contributed by atoms with van der Waals surface area (Å²) in [6.45, 7) is 24.3. The van der Waals surface area contributed by atoms with Crippen LogP contribution < -0.4 is 5.32 Å². The van der Waals surface area contributed by atoms with Gasteiger partial charge in [0, 0.05) is 31.7 Å². The fourth-order valence-corrected chi connectivity index (χ4v) is 15.4. The van der Waals surface area contributed by atoms with Crippen LogP contribution in [0, 0.1) is 57.2 Å². The van der Waals surface area contributed by atoms with E-state index in [1.807, 2.05) is 0 Å². The van der Waals surface area contributed by atoms with Crippen LogP contribution in [0.2, 0.25) is 0 Å². The van der Waals surface area contributed by atoms with E-state index in [0.29, 0.717) is 42.7 Å². The molecule has 52 heavy (non-hydrogen) atoms. The van der Waals surface area contributed by atoms with Crippen molar-refractivity contribution in [1.29, 1.82) is 0 Å². The van der Waals surface area contributed by atoms with Gasteiger partial charge in [-0.05, 0) is 140 Å². The van der Waals surface area contributed by atoms with Crippen molar-refractivity contribution in [2.75, 3.05) is 44.4 Å². The lowest BCUT2D eigenvalue weighted by atomic mass is 9.33. The fourth-order valence-electron chi connectivity index (χ4n) is 14.2. The third kappa shape index (κ3) is 6.62. The number of carboxylic acid groups (broad SMARTS) is 1. The Morgan fingerprint density at radius 3 is 2.38 bits per heavy atom. The molecule has 10 atom stereocenters. The second kappa shape index (κ2) is 14.5. The number of allylic oxidation sites excluding steroid dienone is 5. The van der Waals surface area contributed by atoms with Crippen LogP contribution in [0.1, 0.15) is 126 Å². The molecule has 5 fully saturated rings. The van der Waals surface area contributed by atoms with Crippen molar-refractivity contribution in [3.8, 4) is 0 Å². The predicted octanol–water partition coefficient (Wildman–Crippen LogP) is 9.04. The molecule has 0 spiro atoms. The Morgan fingerprint density at radius 2 is 1.75 bits per heavy atom. The minimum atomic E-state index is -2.87. The molecule has 0 aromatic heterocycles. The number of carboxylic acids is 1. The largest absolute Gasteiger partial charge is 0.481 e. The smallest absolute Gasteiger partial charge is 0.309 e. The van der Waals surface area contributed by atoms with E-state index in [9.17, 15) is 22.7 Å². The Labute approximate surface area is 315 Å². The Bertz CT molecular complexity index is 1540. The summed E-state index contributed by atoms with van der Waals surface area (Å²) in [5.41, 5.74) is 4.76. The Balaban J connectivity index is 1.26. The van der Waals surface area contributed by atoms with E-state index in [1.54, 1.807) is 0 Å². The maximum Gasteiger partial charge on any atom is 0.309 e. The molecule has 8 heteroatoms. The molecule has 0 radical (unpaired) electrons. The van der Waals surface area contributed by atoms with E-state index in [0.717, 1.165) is 32.4 Å². The molecule has 0 amide bonds. The van der Waals surface area contributed by atoms with Gasteiger partial charge in [-0.15, -0.1) is 0 Å². The van der Waals surface area contributed by atoms with E-state index in [4.69, 9.17) is 0 Å². The second-order valence-corrected chi connectivity index (χ2v) is 22.0. The number of nitrogens with zero attached hydrogens (tertiary/aromatic N) is 1. The summed E-state index contributed by atoms with van der Waals surface area (Å²) < 4.78 is 37.7. The van der Waals surface area contributed by atoms with Crippen molar-refractivity contribution in [3.05, 3.63) is 35.5 Å². The highest BCUT2D eigenvalue weighted by Crippen LogP contribution is 2.76. The molecule has 4 saturated carbocycles. The van der Waals surface area contributed by atoms with Crippen LogP contribution in [0.15, 0.2) is 35.5 Å². The summed E-state index contributed by atoms with van der Waals surface area (Å²) in [6.07, 6.45) is 17.7. The van der Waals surface area contributed by atoms with E-state index in [-0.39, 0.29) is 45.1 Å². The van der Waals surface area contributed by atoms with Crippen LogP contribution in [0.25, 0.3) is 0 Å². The van der Waals surface area contributed by atoms with E-state index >= 15 is 0 Å². The molecule has 5 aliphatic carbocycles. The first-order valence-electron chi connectivity index (χ1n) is 20.9. The van der Waals surface area contributed by atoms with Gasteiger partial charge in [0.15, 0.2) is 9.84 Å². The van der Waals surface area contributed by atoms with Gasteiger partial charge in [-0.3, -0.25) is 9.18 Å². The van der Waals surface area contributed by atoms with Crippen LogP contribution in [0.4, 0.5) is 4.39 Å². The zero-order valence-corrected chi connectivity index (χ0v) is 34.5. The van der Waals surface area contributed by atoms with Gasteiger partial charge in [-0.2, -0.15) is 0 Å². The van der Waals surface area contributed by atoms with E-state index < -0.39 is 28.4 Å². The summed E-state index contributed by atoms with van der Waals surface area (Å²) in [4.78, 5) is 14.0. The van der Waals surface area contributed by atoms with Crippen molar-refractivity contribution in [3.63, 3.8) is 0 Å². The molecule has 1 aliphatic heterocycles. The maximum atomic E-state index is 13.6. The van der Waals surface area contributed by atoms with Crippen LogP contribution in [-0.4, -0.2) is 74.3 Å². The summed E-state index contributed by atoms with van der Waals surface area (Å²) in [5.74, 6) is 1.52. The molecule has 2 N–H and O–H groups in total. The van der Waals surface area contributed by atoms with Crippen molar-refractivity contribution < 1.29 is 22.7 Å². The summed E-state index contributed by atoms with van der Waals surface area (Å²) in [5, 5.41) is 13.8. The molecule has 294 valence electrons. The number of nitrogens with one attached hydrogen (secondary N) is 1. The van der Waals surface area contributed by atoms with Gasteiger partial charge >= 0.3 is 5.97 Å².